The van der Waals surface area contributed by atoms with Crippen molar-refractivity contribution in [3.63, 3.8) is 0 Å². The first kappa shape index (κ1) is 17.0. The minimum atomic E-state index is 0.443. The molecule has 1 aromatic carbocycles. The van der Waals surface area contributed by atoms with Crippen molar-refractivity contribution in [3.05, 3.63) is 58.3 Å². The highest BCUT2D eigenvalue weighted by Gasteiger charge is 2.29. The fourth-order valence-corrected chi connectivity index (χ4v) is 3.86. The van der Waals surface area contributed by atoms with E-state index in [1.165, 1.54) is 10.4 Å². The second-order valence-corrected chi connectivity index (χ2v) is 7.38. The number of hydrogen-bond acceptors (Lipinski definition) is 3. The highest BCUT2D eigenvalue weighted by Crippen LogP contribution is 2.20. The summed E-state index contributed by atoms with van der Waals surface area (Å²) >= 11 is 1.77. The van der Waals surface area contributed by atoms with Gasteiger partial charge in [-0.2, -0.15) is 0 Å². The van der Waals surface area contributed by atoms with Gasteiger partial charge in [-0.3, -0.25) is 9.89 Å². The Morgan fingerprint density at radius 2 is 2.08 bits per heavy atom. The molecule has 2 unspecified atom stereocenters. The van der Waals surface area contributed by atoms with Gasteiger partial charge < -0.3 is 10.6 Å². The van der Waals surface area contributed by atoms with Crippen LogP contribution in [0.3, 0.4) is 0 Å². The highest BCUT2D eigenvalue weighted by molar-refractivity contribution is 7.09. The van der Waals surface area contributed by atoms with Gasteiger partial charge in [0.05, 0.1) is 6.54 Å². The van der Waals surface area contributed by atoms with E-state index in [4.69, 9.17) is 0 Å². The molecule has 1 aromatic heterocycles. The van der Waals surface area contributed by atoms with Gasteiger partial charge in [0.2, 0.25) is 0 Å². The van der Waals surface area contributed by atoms with Gasteiger partial charge in [0.1, 0.15) is 0 Å². The highest BCUT2D eigenvalue weighted by atomic mass is 32.1. The molecule has 0 saturated carbocycles. The Morgan fingerprint density at radius 1 is 1.25 bits per heavy atom. The third-order valence-electron chi connectivity index (χ3n) is 4.51. The number of thiophene rings is 1. The van der Waals surface area contributed by atoms with Gasteiger partial charge in [-0.15, -0.1) is 11.3 Å². The molecular formula is C19H26N4S. The summed E-state index contributed by atoms with van der Waals surface area (Å²) in [5, 5.41) is 9.09. The summed E-state index contributed by atoms with van der Waals surface area (Å²) in [7, 11) is 1.84. The summed E-state index contributed by atoms with van der Waals surface area (Å²) in [6, 6.07) is 16.0. The Balaban J connectivity index is 1.50. The minimum absolute atomic E-state index is 0.443. The van der Waals surface area contributed by atoms with Crippen molar-refractivity contribution in [2.45, 2.75) is 38.5 Å². The van der Waals surface area contributed by atoms with E-state index in [1.807, 2.05) is 7.05 Å². The van der Waals surface area contributed by atoms with Crippen LogP contribution in [0, 0.1) is 0 Å². The Hall–Kier alpha value is -1.85. The standard InChI is InChI=1S/C19H26N4S/c1-15-11-17(14-23(15)13-16-7-4-3-5-8-16)22-19(20-2)21-12-18-9-6-10-24-18/h3-10,15,17H,11-14H2,1-2H3,(H2,20,21,22). The van der Waals surface area contributed by atoms with Crippen molar-refractivity contribution in [2.24, 2.45) is 4.99 Å². The lowest BCUT2D eigenvalue weighted by Gasteiger charge is -2.21. The fourth-order valence-electron chi connectivity index (χ4n) is 3.21. The lowest BCUT2D eigenvalue weighted by atomic mass is 10.2. The van der Waals surface area contributed by atoms with E-state index in [0.29, 0.717) is 12.1 Å². The van der Waals surface area contributed by atoms with Crippen molar-refractivity contribution in [3.8, 4) is 0 Å². The number of guanidine groups is 1. The molecule has 0 bridgehead atoms. The predicted octanol–water partition coefficient (Wildman–Crippen LogP) is 3.08. The van der Waals surface area contributed by atoms with Crippen molar-refractivity contribution < 1.29 is 0 Å². The third-order valence-corrected chi connectivity index (χ3v) is 5.38. The molecule has 128 valence electrons. The van der Waals surface area contributed by atoms with Gasteiger partial charge in [-0.05, 0) is 30.4 Å². The largest absolute Gasteiger partial charge is 0.352 e. The van der Waals surface area contributed by atoms with E-state index >= 15 is 0 Å². The van der Waals surface area contributed by atoms with Crippen LogP contribution in [-0.2, 0) is 13.1 Å². The lowest BCUT2D eigenvalue weighted by Crippen LogP contribution is -2.44. The molecule has 0 radical (unpaired) electrons. The van der Waals surface area contributed by atoms with Crippen LogP contribution >= 0.6 is 11.3 Å². The summed E-state index contributed by atoms with van der Waals surface area (Å²) in [6.07, 6.45) is 1.15. The maximum Gasteiger partial charge on any atom is 0.191 e. The van der Waals surface area contributed by atoms with Gasteiger partial charge in [-0.1, -0.05) is 36.4 Å². The van der Waals surface area contributed by atoms with Gasteiger partial charge in [0, 0.05) is 37.1 Å². The Morgan fingerprint density at radius 3 is 2.79 bits per heavy atom. The maximum atomic E-state index is 4.37. The number of nitrogens with one attached hydrogen (secondary N) is 2. The van der Waals surface area contributed by atoms with Crippen molar-refractivity contribution in [1.82, 2.24) is 15.5 Å². The molecule has 2 aromatic rings. The van der Waals surface area contributed by atoms with Crippen molar-refractivity contribution >= 4 is 17.3 Å². The molecule has 0 amide bonds. The van der Waals surface area contributed by atoms with Crippen LogP contribution in [0.5, 0.6) is 0 Å². The summed E-state index contributed by atoms with van der Waals surface area (Å²) < 4.78 is 0. The molecule has 1 aliphatic rings. The summed E-state index contributed by atoms with van der Waals surface area (Å²) in [6.45, 7) is 5.21. The molecule has 4 nitrogen and oxygen atoms in total. The van der Waals surface area contributed by atoms with Crippen LogP contribution in [0.15, 0.2) is 52.8 Å². The number of nitrogens with zero attached hydrogens (tertiary/aromatic N) is 2. The monoisotopic (exact) mass is 342 g/mol. The zero-order valence-corrected chi connectivity index (χ0v) is 15.2. The van der Waals surface area contributed by atoms with Gasteiger partial charge in [0.25, 0.3) is 0 Å². The topological polar surface area (TPSA) is 39.7 Å². The molecule has 1 fully saturated rings. The summed E-state index contributed by atoms with van der Waals surface area (Å²) in [4.78, 5) is 8.23. The second-order valence-electron chi connectivity index (χ2n) is 6.35. The van der Waals surface area contributed by atoms with Crippen LogP contribution in [0.25, 0.3) is 0 Å². The van der Waals surface area contributed by atoms with E-state index in [0.717, 1.165) is 32.0 Å². The zero-order chi connectivity index (χ0) is 16.8. The SMILES string of the molecule is CN=C(NCc1cccs1)NC1CC(C)N(Cc2ccccc2)C1. The van der Waals surface area contributed by atoms with Gasteiger partial charge in [0.15, 0.2) is 5.96 Å². The molecule has 1 saturated heterocycles. The van der Waals surface area contributed by atoms with Crippen molar-refractivity contribution in [2.75, 3.05) is 13.6 Å². The average molecular weight is 343 g/mol. The fraction of sp³-hybridized carbons (Fsp3) is 0.421. The Bertz CT molecular complexity index is 639. The van der Waals surface area contributed by atoms with Crippen LogP contribution in [0.2, 0.25) is 0 Å². The summed E-state index contributed by atoms with van der Waals surface area (Å²) in [5.41, 5.74) is 1.38. The zero-order valence-electron chi connectivity index (χ0n) is 14.4. The number of benzene rings is 1. The third kappa shape index (κ3) is 4.58. The van der Waals surface area contributed by atoms with Crippen LogP contribution < -0.4 is 10.6 Å². The molecule has 3 rings (SSSR count). The van der Waals surface area contributed by atoms with E-state index < -0.39 is 0 Å². The van der Waals surface area contributed by atoms with Crippen molar-refractivity contribution in [1.29, 1.82) is 0 Å². The number of likely N-dealkylation sites (tertiary alicyclic amines) is 1. The molecular weight excluding hydrogens is 316 g/mol. The minimum Gasteiger partial charge on any atom is -0.352 e. The molecule has 2 N–H and O–H groups in total. The van der Waals surface area contributed by atoms with Gasteiger partial charge >= 0.3 is 0 Å². The smallest absolute Gasteiger partial charge is 0.191 e. The number of rotatable bonds is 5. The molecule has 5 heteroatoms. The average Bonchev–Trinajstić information content (AvgIpc) is 3.23. The normalized spacial score (nSPS) is 21.8. The first-order valence-electron chi connectivity index (χ1n) is 8.52. The maximum absolute atomic E-state index is 4.37. The number of hydrogen-bond donors (Lipinski definition) is 2. The molecule has 0 spiro atoms. The molecule has 2 atom stereocenters. The molecule has 2 heterocycles. The lowest BCUT2D eigenvalue weighted by molar-refractivity contribution is 0.258. The Kier molecular flexibility index (Phi) is 5.88. The quantitative estimate of drug-likeness (QED) is 0.648. The number of aliphatic imine (C=N–C) groups is 1. The van der Waals surface area contributed by atoms with Crippen LogP contribution in [0.4, 0.5) is 0 Å². The first-order chi connectivity index (χ1) is 11.7. The van der Waals surface area contributed by atoms with Gasteiger partial charge in [-0.25, -0.2) is 0 Å². The molecule has 24 heavy (non-hydrogen) atoms. The Labute approximate surface area is 148 Å². The van der Waals surface area contributed by atoms with E-state index in [9.17, 15) is 0 Å². The molecule has 1 aliphatic heterocycles. The first-order valence-corrected chi connectivity index (χ1v) is 9.40. The van der Waals surface area contributed by atoms with E-state index in [-0.39, 0.29) is 0 Å². The van der Waals surface area contributed by atoms with E-state index in [1.54, 1.807) is 11.3 Å². The van der Waals surface area contributed by atoms with E-state index in [2.05, 4.69) is 75.3 Å². The van der Waals surface area contributed by atoms with Crippen LogP contribution in [0.1, 0.15) is 23.8 Å². The second kappa shape index (κ2) is 8.31. The summed E-state index contributed by atoms with van der Waals surface area (Å²) in [5.74, 6) is 0.891. The molecule has 0 aliphatic carbocycles. The predicted molar refractivity (Wildman–Crippen MR) is 102 cm³/mol. The van der Waals surface area contributed by atoms with Crippen LogP contribution in [-0.4, -0.2) is 36.5 Å².